The molecule has 0 radical (unpaired) electrons. The second-order valence-electron chi connectivity index (χ2n) is 22.9. The number of hydrogen-bond acceptors (Lipinski definition) is 11. The van der Waals surface area contributed by atoms with E-state index in [0.29, 0.717) is 37.2 Å². The number of benzene rings is 2. The van der Waals surface area contributed by atoms with Crippen molar-refractivity contribution in [3.05, 3.63) is 60.2 Å². The van der Waals surface area contributed by atoms with Crippen molar-refractivity contribution < 1.29 is 47.9 Å². The molecule has 446 valence electrons. The molecular formula is C59H95N11O10. The lowest BCUT2D eigenvalue weighted by Gasteiger charge is -2.41. The molecule has 1 heterocycles. The minimum Gasteiger partial charge on any atom is -0.379 e. The van der Waals surface area contributed by atoms with Crippen molar-refractivity contribution >= 4 is 64.7 Å². The van der Waals surface area contributed by atoms with Gasteiger partial charge in [-0.2, -0.15) is 0 Å². The van der Waals surface area contributed by atoms with Crippen molar-refractivity contribution in [2.24, 2.45) is 41.2 Å². The van der Waals surface area contributed by atoms with Crippen LogP contribution in [0.2, 0.25) is 0 Å². The summed E-state index contributed by atoms with van der Waals surface area (Å²) in [7, 11) is 6.95. The average Bonchev–Trinajstić information content (AvgIpc) is 3.90. The lowest BCUT2D eigenvalue weighted by atomic mass is 9.86. The number of carbonyl (C=O) groups is 9. The summed E-state index contributed by atoms with van der Waals surface area (Å²) in [5.41, 5.74) is 6.75. The minimum absolute atomic E-state index is 0.00932. The van der Waals surface area contributed by atoms with E-state index in [0.717, 1.165) is 12.0 Å². The number of nitrogens with one attached hydrogen (secondary N) is 7. The predicted octanol–water partition coefficient (Wildman–Crippen LogP) is 4.65. The number of amides is 10. The molecule has 0 saturated carbocycles. The van der Waals surface area contributed by atoms with Crippen molar-refractivity contribution in [3.8, 4) is 0 Å². The van der Waals surface area contributed by atoms with E-state index in [2.05, 4.69) is 37.2 Å². The Kier molecular flexibility index (Phi) is 27.6. The molecular weight excluding hydrogens is 1020 g/mol. The van der Waals surface area contributed by atoms with Gasteiger partial charge in [0.1, 0.15) is 24.2 Å². The highest BCUT2D eigenvalue weighted by molar-refractivity contribution is 6.00. The fraction of sp³-hybridized carbons (Fsp3) is 0.644. The van der Waals surface area contributed by atoms with Crippen LogP contribution in [0.25, 0.3) is 0 Å². The van der Waals surface area contributed by atoms with Gasteiger partial charge < -0.3 is 57.5 Å². The number of primary amides is 1. The number of carbonyl (C=O) groups excluding carboxylic acids is 9. The Balaban J connectivity index is 1.78. The van der Waals surface area contributed by atoms with Crippen LogP contribution in [0.3, 0.4) is 0 Å². The van der Waals surface area contributed by atoms with Crippen LogP contribution in [0.5, 0.6) is 0 Å². The van der Waals surface area contributed by atoms with E-state index >= 15 is 0 Å². The monoisotopic (exact) mass is 1120 g/mol. The van der Waals surface area contributed by atoms with E-state index in [4.69, 9.17) is 10.5 Å². The molecule has 3 rings (SSSR count). The number of nitrogens with two attached hydrogens (primary N) is 1. The van der Waals surface area contributed by atoms with Crippen LogP contribution in [0.1, 0.15) is 120 Å². The lowest BCUT2D eigenvalue weighted by Crippen LogP contribution is -2.59. The van der Waals surface area contributed by atoms with E-state index < -0.39 is 77.9 Å². The van der Waals surface area contributed by atoms with E-state index in [-0.39, 0.29) is 85.1 Å². The average molecular weight is 1120 g/mol. The molecule has 0 aliphatic carbocycles. The number of ether oxygens (including phenoxy) is 1. The molecule has 2 aromatic rings. The van der Waals surface area contributed by atoms with Crippen molar-refractivity contribution in [1.29, 1.82) is 0 Å². The molecule has 0 bridgehead atoms. The van der Waals surface area contributed by atoms with Crippen LogP contribution < -0.4 is 43.0 Å². The van der Waals surface area contributed by atoms with E-state index in [1.54, 1.807) is 64.1 Å². The van der Waals surface area contributed by atoms with Gasteiger partial charge >= 0.3 is 6.03 Å². The maximum absolute atomic E-state index is 14.5. The number of likely N-dealkylation sites (N-methyl/N-ethyl adjacent to an activating group) is 2. The standard InChI is InChI=1S/C59H95N11O10/c1-16-37(8)52(69(14)58(78)50(35(4)5)67-57(77)51(36(6)7)68(12)13)47(80-15)33-48(72)70-31-21-25-46(70)38(9)39(10)53(73)66-45(32-41-22-18-17-19-23-41)55(75)64-43-28-26-42(27-29-43)63-54(74)44(24-20-30-61-59(60)79)65-56(76)49(34(2)3)62-40(11)71/h17-19,22-23,26-29,34-39,44-47,49-52H,16,20-21,24-25,30-33H2,1-15H3,(H,62,71)(H,63,74)(H,64,75)(H,65,76)(H,66,73)(H,67,77)(H3,60,61,79)/t37-,38+,39+,44+,45-,46-,47+,49+,50-,51-,52-/m0/s1. The Hall–Kier alpha value is -6.61. The summed E-state index contributed by atoms with van der Waals surface area (Å²) >= 11 is 0. The van der Waals surface area contributed by atoms with Gasteiger partial charge in [-0.05, 0) is 99.2 Å². The topological polar surface area (TPSA) is 283 Å². The SMILES string of the molecule is CC[C@H](C)[C@@H]([C@@H](CC(=O)N1CCC[C@H]1[C@H](C)[C@@H](C)C(=O)N[C@@H](Cc1ccccc1)C(=O)Nc1ccc(NC(=O)[C@@H](CCCNC(N)=O)NC(=O)[C@H](NC(C)=O)C(C)C)cc1)OC)N(C)C(=O)[C@@H](NC(=O)[C@H](C(C)C)N(C)C)C(C)C. The van der Waals surface area contributed by atoms with Crippen molar-refractivity contribution in [3.63, 3.8) is 0 Å². The first-order chi connectivity index (χ1) is 37.6. The van der Waals surface area contributed by atoms with Gasteiger partial charge in [0.2, 0.25) is 47.3 Å². The molecule has 0 aromatic heterocycles. The number of likely N-dealkylation sites (tertiary alicyclic amines) is 1. The first-order valence-electron chi connectivity index (χ1n) is 28.4. The third-order valence-electron chi connectivity index (χ3n) is 15.4. The van der Waals surface area contributed by atoms with Crippen molar-refractivity contribution in [2.45, 2.75) is 170 Å². The summed E-state index contributed by atoms with van der Waals surface area (Å²) < 4.78 is 6.09. The van der Waals surface area contributed by atoms with Gasteiger partial charge in [-0.15, -0.1) is 0 Å². The van der Waals surface area contributed by atoms with Gasteiger partial charge in [0.05, 0.1) is 24.6 Å². The number of anilines is 2. The van der Waals surface area contributed by atoms with Crippen LogP contribution in [-0.2, 0) is 49.5 Å². The summed E-state index contributed by atoms with van der Waals surface area (Å²) in [6.07, 6.45) is 2.02. The Morgan fingerprint density at radius 2 is 1.26 bits per heavy atom. The normalized spacial score (nSPS) is 17.2. The molecule has 2 aromatic carbocycles. The van der Waals surface area contributed by atoms with Gasteiger partial charge in [0.25, 0.3) is 0 Å². The molecule has 80 heavy (non-hydrogen) atoms. The number of nitrogens with zero attached hydrogens (tertiary/aromatic N) is 3. The molecule has 1 aliphatic heterocycles. The highest BCUT2D eigenvalue weighted by atomic mass is 16.5. The maximum atomic E-state index is 14.5. The largest absolute Gasteiger partial charge is 0.379 e. The Labute approximate surface area is 475 Å². The first kappa shape index (κ1) is 67.7. The maximum Gasteiger partial charge on any atom is 0.312 e. The fourth-order valence-electron chi connectivity index (χ4n) is 10.6. The summed E-state index contributed by atoms with van der Waals surface area (Å²) in [5, 5.41) is 19.6. The summed E-state index contributed by atoms with van der Waals surface area (Å²) in [6.45, 7) is 21.0. The lowest BCUT2D eigenvalue weighted by molar-refractivity contribution is -0.146. The molecule has 11 atom stereocenters. The smallest absolute Gasteiger partial charge is 0.312 e. The third kappa shape index (κ3) is 20.2. The Morgan fingerprint density at radius 1 is 0.700 bits per heavy atom. The van der Waals surface area contributed by atoms with Gasteiger partial charge in [0.15, 0.2) is 0 Å². The van der Waals surface area contributed by atoms with E-state index in [1.807, 2.05) is 103 Å². The minimum atomic E-state index is -1.05. The molecule has 21 heteroatoms. The van der Waals surface area contributed by atoms with Gasteiger partial charge in [-0.3, -0.25) is 43.3 Å². The predicted molar refractivity (Wildman–Crippen MR) is 311 cm³/mol. The van der Waals surface area contributed by atoms with Crippen LogP contribution in [0, 0.1) is 35.5 Å². The fourth-order valence-corrected chi connectivity index (χ4v) is 10.6. The highest BCUT2D eigenvalue weighted by Crippen LogP contribution is 2.32. The summed E-state index contributed by atoms with van der Waals surface area (Å²) in [4.78, 5) is 126. The van der Waals surface area contributed by atoms with Gasteiger partial charge in [0, 0.05) is 63.9 Å². The third-order valence-corrected chi connectivity index (χ3v) is 15.4. The van der Waals surface area contributed by atoms with Gasteiger partial charge in [-0.1, -0.05) is 106 Å². The zero-order valence-corrected chi connectivity index (χ0v) is 50.1. The van der Waals surface area contributed by atoms with E-state index in [9.17, 15) is 43.2 Å². The second kappa shape index (κ2) is 32.6. The molecule has 9 N–H and O–H groups in total. The van der Waals surface area contributed by atoms with Crippen molar-refractivity contribution in [2.75, 3.05) is 52.0 Å². The van der Waals surface area contributed by atoms with Crippen molar-refractivity contribution in [1.82, 2.24) is 41.3 Å². The first-order valence-corrected chi connectivity index (χ1v) is 28.4. The quantitative estimate of drug-likeness (QED) is 0.0481. The molecule has 0 unspecified atom stereocenters. The zero-order valence-electron chi connectivity index (χ0n) is 50.1. The molecule has 0 spiro atoms. The van der Waals surface area contributed by atoms with Crippen LogP contribution in [-0.4, -0.2) is 158 Å². The molecule has 10 amide bonds. The highest BCUT2D eigenvalue weighted by Gasteiger charge is 2.42. The summed E-state index contributed by atoms with van der Waals surface area (Å²) in [5.74, 6) is -4.50. The Bertz CT molecular complexity index is 2360. The van der Waals surface area contributed by atoms with Gasteiger partial charge in [-0.25, -0.2) is 4.79 Å². The molecule has 1 saturated heterocycles. The Morgan fingerprint density at radius 3 is 1.76 bits per heavy atom. The number of rotatable bonds is 31. The van der Waals surface area contributed by atoms with E-state index in [1.165, 1.54) is 6.92 Å². The number of hydrogen-bond donors (Lipinski definition) is 8. The van der Waals surface area contributed by atoms with Crippen LogP contribution in [0.4, 0.5) is 16.2 Å². The summed E-state index contributed by atoms with van der Waals surface area (Å²) in [6, 6.07) is 9.92. The number of methoxy groups -OCH3 is 1. The van der Waals surface area contributed by atoms with Crippen LogP contribution >= 0.6 is 0 Å². The molecule has 1 aliphatic rings. The second-order valence-corrected chi connectivity index (χ2v) is 22.9. The zero-order chi connectivity index (χ0) is 60.1. The number of urea groups is 1. The van der Waals surface area contributed by atoms with Crippen LogP contribution in [0.15, 0.2) is 54.6 Å². The molecule has 21 nitrogen and oxygen atoms in total. The molecule has 1 fully saturated rings.